The van der Waals surface area contributed by atoms with Gasteiger partial charge in [0.15, 0.2) is 5.65 Å². The number of amides is 1. The minimum Gasteiger partial charge on any atom is -0.506 e. The van der Waals surface area contributed by atoms with E-state index in [1.165, 1.54) is 0 Å². The predicted octanol–water partition coefficient (Wildman–Crippen LogP) is 11.9. The molecule has 1 unspecified atom stereocenters. The molecule has 3 N–H and O–H groups in total. The minimum absolute atomic E-state index is 0.0130. The summed E-state index contributed by atoms with van der Waals surface area (Å²) in [5.74, 6) is -0.284. The van der Waals surface area contributed by atoms with Crippen LogP contribution >= 0.6 is 0 Å². The molecule has 320 valence electrons. The van der Waals surface area contributed by atoms with Crippen molar-refractivity contribution >= 4 is 28.6 Å². The number of aromatic hydroxyl groups is 1. The van der Waals surface area contributed by atoms with E-state index in [0.717, 1.165) is 44.5 Å². The maximum atomic E-state index is 14.4. The number of nitrogens with zero attached hydrogens (tertiary/aromatic N) is 4. The van der Waals surface area contributed by atoms with Gasteiger partial charge in [-0.2, -0.15) is 0 Å². The molecule has 8 aromatic carbocycles. The predicted molar refractivity (Wildman–Crippen MR) is 262 cm³/mol. The summed E-state index contributed by atoms with van der Waals surface area (Å²) in [5.41, 5.74) is 6.94. The zero-order valence-electron chi connectivity index (χ0n) is 36.0. The van der Waals surface area contributed by atoms with Crippen LogP contribution in [0.4, 0.5) is 11.5 Å². The highest BCUT2D eigenvalue weighted by Crippen LogP contribution is 2.45. The molecule has 8 nitrogen and oxygen atoms in total. The third kappa shape index (κ3) is 7.64. The maximum absolute atomic E-state index is 14.4. The number of carbonyl (C=O) groups excluding carboxylic acids is 1. The summed E-state index contributed by atoms with van der Waals surface area (Å²) in [7, 11) is 0. The van der Waals surface area contributed by atoms with Crippen LogP contribution in [0.3, 0.4) is 0 Å². The fourth-order valence-corrected chi connectivity index (χ4v) is 9.42. The normalized spacial score (nSPS) is 12.1. The lowest BCUT2D eigenvalue weighted by Crippen LogP contribution is -2.39. The van der Waals surface area contributed by atoms with Crippen molar-refractivity contribution in [3.05, 3.63) is 287 Å². The number of carbonyl (C=O) groups is 1. The van der Waals surface area contributed by atoms with Gasteiger partial charge in [0.2, 0.25) is 5.91 Å². The molecule has 2 heterocycles. The number of aromatic nitrogens is 4. The van der Waals surface area contributed by atoms with Crippen molar-refractivity contribution < 1.29 is 9.90 Å². The van der Waals surface area contributed by atoms with E-state index >= 15 is 0 Å². The van der Waals surface area contributed by atoms with Crippen LogP contribution in [0.1, 0.15) is 56.8 Å². The number of hydrogen-bond acceptors (Lipinski definition) is 6. The van der Waals surface area contributed by atoms with Crippen molar-refractivity contribution in [2.45, 2.75) is 23.4 Å². The average Bonchev–Trinajstić information content (AvgIpc) is 3.82. The summed E-state index contributed by atoms with van der Waals surface area (Å²) in [6, 6.07) is 81.1. The maximum Gasteiger partial charge on any atom is 0.225 e. The number of anilines is 2. The SMILES string of the molecule is O=C(CC(c1ccccc1)c1cc(NC(c2ccccc2)(c2ccccc2)c2ccccc2)nc2c1nnn2C(c1ccccc1)(c1ccccc1)c1ccccc1)Nc1ccccc1O. The van der Waals surface area contributed by atoms with Crippen molar-refractivity contribution in [1.82, 2.24) is 20.0 Å². The van der Waals surface area contributed by atoms with E-state index in [1.54, 1.807) is 24.3 Å². The average molecular weight is 859 g/mol. The van der Waals surface area contributed by atoms with Crippen LogP contribution in [0.15, 0.2) is 243 Å². The van der Waals surface area contributed by atoms with Crippen molar-refractivity contribution in [2.24, 2.45) is 0 Å². The molecule has 0 aliphatic carbocycles. The number of pyridine rings is 1. The summed E-state index contributed by atoms with van der Waals surface area (Å²) in [6.07, 6.45) is 0.0200. The van der Waals surface area contributed by atoms with E-state index in [0.29, 0.717) is 22.7 Å². The highest BCUT2D eigenvalue weighted by Gasteiger charge is 2.43. The topological polar surface area (TPSA) is 105 Å². The Hall–Kier alpha value is -8.62. The van der Waals surface area contributed by atoms with Gasteiger partial charge in [-0.05, 0) is 62.7 Å². The second-order valence-corrected chi connectivity index (χ2v) is 16.3. The standard InChI is InChI=1S/C58H46N6O2/c65-52-39-23-22-38-51(52)59-54(66)41-49(42-24-8-1-9-25-42)50-40-53(61-57(43-26-10-2-11-27-43,44-28-12-3-13-29-44)45-30-14-4-15-31-45)60-56-55(50)62-63-64(56)58(46-32-16-5-17-33-46,47-34-18-6-19-35-47)48-36-20-7-21-37-48/h1-40,49,65H,41H2,(H,59,66)(H,60,61). The number of hydrogen-bond donors (Lipinski definition) is 3. The molecule has 0 aliphatic rings. The molecule has 10 aromatic rings. The third-order valence-electron chi connectivity index (χ3n) is 12.4. The fraction of sp³-hybridized carbons (Fsp3) is 0.0690. The van der Waals surface area contributed by atoms with E-state index in [9.17, 15) is 9.90 Å². The van der Waals surface area contributed by atoms with Gasteiger partial charge in [0.1, 0.15) is 28.2 Å². The zero-order chi connectivity index (χ0) is 44.8. The van der Waals surface area contributed by atoms with Crippen molar-refractivity contribution in [1.29, 1.82) is 0 Å². The van der Waals surface area contributed by atoms with Crippen molar-refractivity contribution in [3.63, 3.8) is 0 Å². The smallest absolute Gasteiger partial charge is 0.225 e. The molecule has 10 rings (SSSR count). The number of rotatable bonds is 14. The highest BCUT2D eigenvalue weighted by molar-refractivity contribution is 5.93. The molecular weight excluding hydrogens is 813 g/mol. The molecule has 0 saturated heterocycles. The number of phenolic OH excluding ortho intramolecular Hbond substituents is 1. The molecule has 1 amide bonds. The number of para-hydroxylation sites is 2. The van der Waals surface area contributed by atoms with Crippen LogP contribution in [-0.4, -0.2) is 31.0 Å². The number of fused-ring (bicyclic) bond motifs is 1. The number of nitrogens with one attached hydrogen (secondary N) is 2. The van der Waals surface area contributed by atoms with Crippen LogP contribution < -0.4 is 10.6 Å². The Morgan fingerprint density at radius 2 is 0.939 bits per heavy atom. The molecule has 0 bridgehead atoms. The first kappa shape index (κ1) is 41.4. The quantitative estimate of drug-likeness (QED) is 0.0743. The summed E-state index contributed by atoms with van der Waals surface area (Å²) >= 11 is 0. The summed E-state index contributed by atoms with van der Waals surface area (Å²) < 4.78 is 1.95. The summed E-state index contributed by atoms with van der Waals surface area (Å²) in [4.78, 5) is 20.0. The number of phenols is 1. The van der Waals surface area contributed by atoms with Gasteiger partial charge in [0, 0.05) is 12.3 Å². The first-order chi connectivity index (χ1) is 32.6. The van der Waals surface area contributed by atoms with Crippen molar-refractivity contribution in [2.75, 3.05) is 10.6 Å². The van der Waals surface area contributed by atoms with Gasteiger partial charge in [-0.1, -0.05) is 230 Å². The van der Waals surface area contributed by atoms with E-state index in [1.807, 2.05) is 114 Å². The van der Waals surface area contributed by atoms with Gasteiger partial charge in [-0.25, -0.2) is 9.67 Å². The molecule has 0 spiro atoms. The Balaban J connectivity index is 1.29. The summed E-state index contributed by atoms with van der Waals surface area (Å²) in [6.45, 7) is 0. The molecule has 1 atom stereocenters. The molecular formula is C58H46N6O2. The first-order valence-electron chi connectivity index (χ1n) is 22.1. The fourth-order valence-electron chi connectivity index (χ4n) is 9.42. The van der Waals surface area contributed by atoms with Gasteiger partial charge in [-0.3, -0.25) is 4.79 Å². The lowest BCUT2D eigenvalue weighted by atomic mass is 9.76. The molecule has 66 heavy (non-hydrogen) atoms. The van der Waals surface area contributed by atoms with E-state index < -0.39 is 17.0 Å². The molecule has 0 saturated carbocycles. The highest BCUT2D eigenvalue weighted by atomic mass is 16.3. The second-order valence-electron chi connectivity index (χ2n) is 16.3. The van der Waals surface area contributed by atoms with Gasteiger partial charge in [0.25, 0.3) is 0 Å². The van der Waals surface area contributed by atoms with E-state index in [4.69, 9.17) is 15.3 Å². The monoisotopic (exact) mass is 858 g/mol. The molecule has 0 fully saturated rings. The summed E-state index contributed by atoms with van der Waals surface area (Å²) in [5, 5.41) is 28.0. The van der Waals surface area contributed by atoms with Crippen LogP contribution in [0.2, 0.25) is 0 Å². The zero-order valence-corrected chi connectivity index (χ0v) is 36.0. The Labute approximate surface area is 383 Å². The molecule has 0 aliphatic heterocycles. The van der Waals surface area contributed by atoms with Crippen molar-refractivity contribution in [3.8, 4) is 5.75 Å². The van der Waals surface area contributed by atoms with Crippen LogP contribution in [0.25, 0.3) is 11.2 Å². The van der Waals surface area contributed by atoms with E-state index in [2.05, 4.69) is 120 Å². The Kier molecular flexibility index (Phi) is 11.4. The van der Waals surface area contributed by atoms with Crippen LogP contribution in [-0.2, 0) is 15.9 Å². The Morgan fingerprint density at radius 1 is 0.530 bits per heavy atom. The number of benzene rings is 8. The van der Waals surface area contributed by atoms with Gasteiger partial charge in [-0.15, -0.1) is 5.10 Å². The molecule has 8 heteroatoms. The van der Waals surface area contributed by atoms with Gasteiger partial charge in [0.05, 0.1) is 5.69 Å². The minimum atomic E-state index is -1.05. The lowest BCUT2D eigenvalue weighted by molar-refractivity contribution is -0.116. The van der Waals surface area contributed by atoms with Gasteiger partial charge < -0.3 is 15.7 Å². The lowest BCUT2D eigenvalue weighted by Gasteiger charge is -2.38. The first-order valence-corrected chi connectivity index (χ1v) is 22.1. The third-order valence-corrected chi connectivity index (χ3v) is 12.4. The molecule has 0 radical (unpaired) electrons. The van der Waals surface area contributed by atoms with E-state index in [-0.39, 0.29) is 18.1 Å². The Bertz CT molecular complexity index is 3000. The van der Waals surface area contributed by atoms with Gasteiger partial charge >= 0.3 is 0 Å². The molecule has 2 aromatic heterocycles. The Morgan fingerprint density at radius 3 is 1.39 bits per heavy atom. The second kappa shape index (κ2) is 18.2. The van der Waals surface area contributed by atoms with Crippen LogP contribution in [0, 0.1) is 0 Å². The van der Waals surface area contributed by atoms with Crippen LogP contribution in [0.5, 0.6) is 5.75 Å². The largest absolute Gasteiger partial charge is 0.506 e.